The third-order valence-electron chi connectivity index (χ3n) is 5.57. The van der Waals surface area contributed by atoms with Crippen LogP contribution in [0.4, 0.5) is 0 Å². The monoisotopic (exact) mass is 383 g/mol. The van der Waals surface area contributed by atoms with Crippen molar-refractivity contribution in [3.05, 3.63) is 52.9 Å². The maximum Gasteiger partial charge on any atom is 0.191 e. The zero-order valence-electron chi connectivity index (χ0n) is 17.5. The first-order valence-corrected chi connectivity index (χ1v) is 10.2. The molecule has 1 aromatic carbocycles. The normalized spacial score (nSPS) is 20.5. The average Bonchev–Trinajstić information content (AvgIpc) is 3.20. The van der Waals surface area contributed by atoms with Gasteiger partial charge in [-0.05, 0) is 45.6 Å². The van der Waals surface area contributed by atoms with Crippen molar-refractivity contribution >= 4 is 5.96 Å². The zero-order chi connectivity index (χ0) is 19.9. The largest absolute Gasteiger partial charge is 0.361 e. The van der Waals surface area contributed by atoms with Gasteiger partial charge in [0.1, 0.15) is 5.76 Å². The average molecular weight is 384 g/mol. The minimum atomic E-state index is 0.424. The molecule has 1 fully saturated rings. The summed E-state index contributed by atoms with van der Waals surface area (Å²) in [6, 6.07) is 11.7. The van der Waals surface area contributed by atoms with Crippen molar-refractivity contribution in [2.45, 2.75) is 58.7 Å². The fourth-order valence-electron chi connectivity index (χ4n) is 3.96. The number of rotatable bonds is 7. The number of likely N-dealkylation sites (tertiary alicyclic amines) is 1. The highest BCUT2D eigenvalue weighted by molar-refractivity contribution is 5.80. The molecule has 1 aromatic heterocycles. The Kier molecular flexibility index (Phi) is 7.09. The molecule has 152 valence electrons. The lowest BCUT2D eigenvalue weighted by Crippen LogP contribution is -2.44. The number of hydrogen-bond donors (Lipinski definition) is 2. The molecule has 1 aliphatic rings. The third-order valence-corrected chi connectivity index (χ3v) is 5.57. The predicted octanol–water partition coefficient (Wildman–Crippen LogP) is 3.05. The maximum absolute atomic E-state index is 5.23. The van der Waals surface area contributed by atoms with E-state index in [2.05, 4.69) is 62.9 Å². The van der Waals surface area contributed by atoms with Gasteiger partial charge in [0.15, 0.2) is 5.96 Å². The standard InChI is InChI=1S/C22H33N5O/c1-16-13-20(15-27(16)14-19-9-6-5-7-10-19)25-22(23-4)24-12-8-11-21-17(2)26-28-18(21)3/h5-7,9-10,16,20H,8,11-15H2,1-4H3,(H2,23,24,25). The Labute approximate surface area is 168 Å². The highest BCUT2D eigenvalue weighted by Crippen LogP contribution is 2.20. The van der Waals surface area contributed by atoms with E-state index in [0.29, 0.717) is 12.1 Å². The fraction of sp³-hybridized carbons (Fsp3) is 0.545. The Balaban J connectivity index is 1.42. The summed E-state index contributed by atoms with van der Waals surface area (Å²) >= 11 is 0. The topological polar surface area (TPSA) is 65.7 Å². The summed E-state index contributed by atoms with van der Waals surface area (Å²) in [5.74, 6) is 1.82. The SMILES string of the molecule is CN=C(NCCCc1c(C)noc1C)NC1CC(C)N(Cc2ccccc2)C1. The van der Waals surface area contributed by atoms with Crippen molar-refractivity contribution in [3.63, 3.8) is 0 Å². The van der Waals surface area contributed by atoms with Gasteiger partial charge in [-0.15, -0.1) is 0 Å². The molecule has 6 heteroatoms. The van der Waals surface area contributed by atoms with Crippen molar-refractivity contribution in [2.24, 2.45) is 4.99 Å². The van der Waals surface area contributed by atoms with Crippen LogP contribution < -0.4 is 10.6 Å². The first-order chi connectivity index (χ1) is 13.6. The number of aliphatic imine (C=N–C) groups is 1. The quantitative estimate of drug-likeness (QED) is 0.437. The molecule has 2 heterocycles. The first kappa shape index (κ1) is 20.4. The molecule has 0 aliphatic carbocycles. The molecular formula is C22H33N5O. The van der Waals surface area contributed by atoms with Crippen molar-refractivity contribution in [3.8, 4) is 0 Å². The van der Waals surface area contributed by atoms with Gasteiger partial charge in [0, 0.05) is 44.3 Å². The second-order valence-electron chi connectivity index (χ2n) is 7.75. The van der Waals surface area contributed by atoms with E-state index in [1.165, 1.54) is 11.1 Å². The van der Waals surface area contributed by atoms with Crippen LogP contribution in [0.1, 0.15) is 42.3 Å². The van der Waals surface area contributed by atoms with E-state index in [9.17, 15) is 0 Å². The molecule has 1 saturated heterocycles. The fourth-order valence-corrected chi connectivity index (χ4v) is 3.96. The Morgan fingerprint density at radius 3 is 2.75 bits per heavy atom. The number of aryl methyl sites for hydroxylation is 2. The van der Waals surface area contributed by atoms with Crippen molar-refractivity contribution in [1.29, 1.82) is 0 Å². The van der Waals surface area contributed by atoms with Crippen molar-refractivity contribution in [1.82, 2.24) is 20.7 Å². The van der Waals surface area contributed by atoms with E-state index < -0.39 is 0 Å². The van der Waals surface area contributed by atoms with Gasteiger partial charge in [-0.25, -0.2) is 0 Å². The van der Waals surface area contributed by atoms with Crippen LogP contribution in [0.5, 0.6) is 0 Å². The lowest BCUT2D eigenvalue weighted by molar-refractivity contribution is 0.258. The van der Waals surface area contributed by atoms with Gasteiger partial charge in [-0.2, -0.15) is 0 Å². The smallest absolute Gasteiger partial charge is 0.191 e. The van der Waals surface area contributed by atoms with Crippen LogP contribution in [0, 0.1) is 13.8 Å². The Morgan fingerprint density at radius 1 is 1.29 bits per heavy atom. The highest BCUT2D eigenvalue weighted by Gasteiger charge is 2.29. The molecule has 28 heavy (non-hydrogen) atoms. The molecule has 0 radical (unpaired) electrons. The van der Waals surface area contributed by atoms with Crippen molar-refractivity contribution in [2.75, 3.05) is 20.1 Å². The summed E-state index contributed by atoms with van der Waals surface area (Å²) in [6.45, 7) is 9.21. The molecule has 6 nitrogen and oxygen atoms in total. The number of nitrogens with one attached hydrogen (secondary N) is 2. The second kappa shape index (κ2) is 9.73. The molecular weight excluding hydrogens is 350 g/mol. The molecule has 2 aromatic rings. The van der Waals surface area contributed by atoms with Crippen LogP contribution in [0.25, 0.3) is 0 Å². The maximum atomic E-state index is 5.23. The van der Waals surface area contributed by atoms with E-state index in [1.807, 2.05) is 20.9 Å². The molecule has 2 N–H and O–H groups in total. The van der Waals surface area contributed by atoms with Crippen LogP contribution in [0.15, 0.2) is 39.8 Å². The van der Waals surface area contributed by atoms with Crippen LogP contribution in [-0.2, 0) is 13.0 Å². The van der Waals surface area contributed by atoms with Crippen LogP contribution in [0.2, 0.25) is 0 Å². The number of nitrogens with zero attached hydrogens (tertiary/aromatic N) is 3. The number of guanidine groups is 1. The lowest BCUT2D eigenvalue weighted by atomic mass is 10.1. The predicted molar refractivity (Wildman–Crippen MR) is 114 cm³/mol. The van der Waals surface area contributed by atoms with Gasteiger partial charge in [-0.3, -0.25) is 9.89 Å². The van der Waals surface area contributed by atoms with E-state index in [4.69, 9.17) is 4.52 Å². The molecule has 2 unspecified atom stereocenters. The number of aromatic nitrogens is 1. The van der Waals surface area contributed by atoms with Gasteiger partial charge in [0.2, 0.25) is 0 Å². The summed E-state index contributed by atoms with van der Waals surface area (Å²) in [5, 5.41) is 11.1. The number of hydrogen-bond acceptors (Lipinski definition) is 4. The molecule has 0 spiro atoms. The van der Waals surface area contributed by atoms with E-state index in [-0.39, 0.29) is 0 Å². The second-order valence-corrected chi connectivity index (χ2v) is 7.75. The summed E-state index contributed by atoms with van der Waals surface area (Å²) in [4.78, 5) is 6.94. The van der Waals surface area contributed by atoms with Crippen LogP contribution in [-0.4, -0.2) is 48.2 Å². The molecule has 2 atom stereocenters. The van der Waals surface area contributed by atoms with Crippen molar-refractivity contribution < 1.29 is 4.52 Å². The molecule has 0 amide bonds. The van der Waals surface area contributed by atoms with Gasteiger partial charge < -0.3 is 15.2 Å². The highest BCUT2D eigenvalue weighted by atomic mass is 16.5. The summed E-state index contributed by atoms with van der Waals surface area (Å²) in [5.41, 5.74) is 3.60. The van der Waals surface area contributed by atoms with E-state index in [0.717, 1.165) is 56.3 Å². The Bertz CT molecular complexity index is 751. The molecule has 3 rings (SSSR count). The lowest BCUT2D eigenvalue weighted by Gasteiger charge is -2.21. The first-order valence-electron chi connectivity index (χ1n) is 10.2. The molecule has 0 saturated carbocycles. The Hall–Kier alpha value is -2.34. The minimum Gasteiger partial charge on any atom is -0.361 e. The number of benzene rings is 1. The van der Waals surface area contributed by atoms with E-state index >= 15 is 0 Å². The zero-order valence-corrected chi connectivity index (χ0v) is 17.5. The van der Waals surface area contributed by atoms with Crippen LogP contribution >= 0.6 is 0 Å². The summed E-state index contributed by atoms with van der Waals surface area (Å²) in [7, 11) is 1.84. The molecule has 0 bridgehead atoms. The summed E-state index contributed by atoms with van der Waals surface area (Å²) < 4.78 is 5.23. The van der Waals surface area contributed by atoms with Gasteiger partial charge in [0.05, 0.1) is 5.69 Å². The van der Waals surface area contributed by atoms with E-state index in [1.54, 1.807) is 0 Å². The molecule has 1 aliphatic heterocycles. The Morgan fingerprint density at radius 2 is 2.07 bits per heavy atom. The minimum absolute atomic E-state index is 0.424. The van der Waals surface area contributed by atoms with Gasteiger partial charge >= 0.3 is 0 Å². The van der Waals surface area contributed by atoms with Gasteiger partial charge in [0.25, 0.3) is 0 Å². The summed E-state index contributed by atoms with van der Waals surface area (Å²) in [6.07, 6.45) is 3.12. The van der Waals surface area contributed by atoms with Gasteiger partial charge in [-0.1, -0.05) is 35.5 Å². The third kappa shape index (κ3) is 5.35. The van der Waals surface area contributed by atoms with Crippen LogP contribution in [0.3, 0.4) is 0 Å².